The Morgan fingerprint density at radius 1 is 0.950 bits per heavy atom. The third kappa shape index (κ3) is 4.94. The largest absolute Gasteiger partial charge is 0.457 e. The van der Waals surface area contributed by atoms with E-state index in [1.807, 2.05) is 30.3 Å². The molecule has 3 aliphatic heterocycles. The third-order valence-corrected chi connectivity index (χ3v) is 8.74. The first-order valence-electron chi connectivity index (χ1n) is 14.0. The Bertz CT molecular complexity index is 1510. The van der Waals surface area contributed by atoms with E-state index >= 15 is 0 Å². The molecule has 7 rings (SSSR count). The van der Waals surface area contributed by atoms with Crippen molar-refractivity contribution in [3.63, 3.8) is 0 Å². The molecule has 0 bridgehead atoms. The predicted molar refractivity (Wildman–Crippen MR) is 156 cm³/mol. The molecule has 5 heterocycles. The van der Waals surface area contributed by atoms with Gasteiger partial charge < -0.3 is 20.4 Å². The van der Waals surface area contributed by atoms with Crippen LogP contribution in [0, 0.1) is 0 Å². The number of fused-ring (bicyclic) bond motifs is 1. The summed E-state index contributed by atoms with van der Waals surface area (Å²) >= 11 is 6.58. The maximum Gasteiger partial charge on any atom is 0.196 e. The molecule has 3 saturated heterocycles. The molecule has 206 valence electrons. The maximum absolute atomic E-state index is 13.7. The van der Waals surface area contributed by atoms with E-state index in [-0.39, 0.29) is 11.8 Å². The van der Waals surface area contributed by atoms with Gasteiger partial charge >= 0.3 is 0 Å². The van der Waals surface area contributed by atoms with E-state index < -0.39 is 0 Å². The summed E-state index contributed by atoms with van der Waals surface area (Å²) in [5.41, 5.74) is 1.52. The quantitative estimate of drug-likeness (QED) is 0.278. The highest BCUT2D eigenvalue weighted by molar-refractivity contribution is 6.35. The van der Waals surface area contributed by atoms with Crippen LogP contribution in [0.3, 0.4) is 0 Å². The number of anilines is 1. The van der Waals surface area contributed by atoms with Gasteiger partial charge in [0.15, 0.2) is 5.78 Å². The van der Waals surface area contributed by atoms with Crippen LogP contribution in [0.15, 0.2) is 61.1 Å². The fraction of sp³-hybridized carbons (Fsp3) is 0.367. The van der Waals surface area contributed by atoms with Crippen molar-refractivity contribution < 1.29 is 9.53 Å². The van der Waals surface area contributed by atoms with E-state index in [1.54, 1.807) is 24.4 Å². The molecule has 40 heavy (non-hydrogen) atoms. The topological polar surface area (TPSA) is 98.4 Å². The van der Waals surface area contributed by atoms with Gasteiger partial charge in [-0.3, -0.25) is 14.6 Å². The lowest BCUT2D eigenvalue weighted by Crippen LogP contribution is -2.69. The molecule has 2 aromatic carbocycles. The van der Waals surface area contributed by atoms with Gasteiger partial charge in [-0.05, 0) is 37.1 Å². The number of carbonyl (C=O) groups is 1. The van der Waals surface area contributed by atoms with E-state index in [4.69, 9.17) is 16.3 Å². The average Bonchev–Trinajstić information content (AvgIpc) is 3.36. The molecule has 0 atom stereocenters. The van der Waals surface area contributed by atoms with E-state index in [1.165, 1.54) is 19.4 Å². The number of aromatic amines is 1. The molecule has 0 aliphatic carbocycles. The Balaban J connectivity index is 1.03. The molecule has 3 aliphatic rings. The minimum Gasteiger partial charge on any atom is -0.457 e. The lowest BCUT2D eigenvalue weighted by molar-refractivity contribution is -0.0177. The summed E-state index contributed by atoms with van der Waals surface area (Å²) in [6, 6.07) is 16.3. The van der Waals surface area contributed by atoms with Crippen LogP contribution >= 0.6 is 11.6 Å². The second kappa shape index (κ2) is 10.8. The fourth-order valence-electron chi connectivity index (χ4n) is 5.92. The number of nitrogens with zero attached hydrogens (tertiary/aromatic N) is 4. The monoisotopic (exact) mass is 557 g/mol. The van der Waals surface area contributed by atoms with Crippen LogP contribution in [0.2, 0.25) is 5.02 Å². The molecular weight excluding hydrogens is 526 g/mol. The summed E-state index contributed by atoms with van der Waals surface area (Å²) in [5.74, 6) is 1.76. The number of hydrogen-bond donors (Lipinski definition) is 3. The number of carbonyl (C=O) groups excluding carboxylic acids is 1. The van der Waals surface area contributed by atoms with Crippen molar-refractivity contribution in [3.05, 3.63) is 77.2 Å². The molecular formula is C30H32ClN7O2. The zero-order chi connectivity index (χ0) is 27.1. The maximum atomic E-state index is 13.7. The smallest absolute Gasteiger partial charge is 0.196 e. The zero-order valence-corrected chi connectivity index (χ0v) is 22.9. The lowest BCUT2D eigenvalue weighted by Gasteiger charge is -2.52. The number of likely N-dealkylation sites (tertiary alicyclic amines) is 2. The number of halogens is 1. The van der Waals surface area contributed by atoms with Crippen molar-refractivity contribution in [2.24, 2.45) is 0 Å². The van der Waals surface area contributed by atoms with Gasteiger partial charge in [0.25, 0.3) is 0 Å². The fourth-order valence-corrected chi connectivity index (χ4v) is 6.17. The molecule has 0 spiro atoms. The van der Waals surface area contributed by atoms with Crippen LogP contribution in [0.25, 0.3) is 11.0 Å². The van der Waals surface area contributed by atoms with Gasteiger partial charge in [0, 0.05) is 75.2 Å². The van der Waals surface area contributed by atoms with Crippen LogP contribution in [0.1, 0.15) is 28.8 Å². The van der Waals surface area contributed by atoms with E-state index in [9.17, 15) is 4.79 Å². The number of ether oxygens (including phenoxy) is 1. The Labute approximate surface area is 237 Å². The van der Waals surface area contributed by atoms with E-state index in [0.717, 1.165) is 45.1 Å². The lowest BCUT2D eigenvalue weighted by atomic mass is 9.96. The second-order valence-corrected chi connectivity index (χ2v) is 11.3. The van der Waals surface area contributed by atoms with Crippen LogP contribution in [-0.2, 0) is 0 Å². The first-order valence-corrected chi connectivity index (χ1v) is 14.3. The predicted octanol–water partition coefficient (Wildman–Crippen LogP) is 4.17. The minimum absolute atomic E-state index is 0.189. The number of aromatic nitrogens is 3. The van der Waals surface area contributed by atoms with Crippen LogP contribution in [0.5, 0.6) is 11.5 Å². The molecule has 2 aromatic heterocycles. The number of hydrogen-bond acceptors (Lipinski definition) is 8. The molecule has 4 aromatic rings. The van der Waals surface area contributed by atoms with Crippen LogP contribution < -0.4 is 15.4 Å². The number of para-hydroxylation sites is 1. The van der Waals surface area contributed by atoms with Crippen LogP contribution in [0.4, 0.5) is 5.82 Å². The summed E-state index contributed by atoms with van der Waals surface area (Å²) in [5, 5.41) is 8.02. The summed E-state index contributed by atoms with van der Waals surface area (Å²) in [6.45, 7) is 6.78. The third-order valence-electron chi connectivity index (χ3n) is 8.43. The number of benzene rings is 2. The van der Waals surface area contributed by atoms with Gasteiger partial charge in [0.2, 0.25) is 0 Å². The van der Waals surface area contributed by atoms with Gasteiger partial charge in [-0.1, -0.05) is 29.8 Å². The molecule has 3 N–H and O–H groups in total. The summed E-state index contributed by atoms with van der Waals surface area (Å²) in [6.07, 6.45) is 5.30. The Morgan fingerprint density at radius 3 is 2.48 bits per heavy atom. The molecule has 0 radical (unpaired) electrons. The summed E-state index contributed by atoms with van der Waals surface area (Å²) in [4.78, 5) is 31.0. The number of rotatable bonds is 8. The van der Waals surface area contributed by atoms with Crippen molar-refractivity contribution in [1.82, 2.24) is 30.1 Å². The average molecular weight is 558 g/mol. The number of H-pyrrole nitrogens is 1. The van der Waals surface area contributed by atoms with Crippen molar-refractivity contribution in [3.8, 4) is 11.5 Å². The first kappa shape index (κ1) is 25.5. The van der Waals surface area contributed by atoms with Gasteiger partial charge in [-0.15, -0.1) is 0 Å². The Hall–Kier alpha value is -3.50. The first-order chi connectivity index (χ1) is 19.6. The SMILES string of the molecule is O=C(c1ccc(Oc2ccccc2)cc1Cl)c1c[nH]c2ncnc(NC3CCN(C4CN(C5CNC5)C4)CC3)c12. The Morgan fingerprint density at radius 2 is 1.75 bits per heavy atom. The van der Waals surface area contributed by atoms with Gasteiger partial charge in [-0.2, -0.15) is 0 Å². The van der Waals surface area contributed by atoms with Crippen LogP contribution in [-0.4, -0.2) is 87.9 Å². The summed E-state index contributed by atoms with van der Waals surface area (Å²) in [7, 11) is 0. The molecule has 0 amide bonds. The molecule has 0 saturated carbocycles. The number of ketones is 1. The van der Waals surface area contributed by atoms with Crippen molar-refractivity contribution in [1.29, 1.82) is 0 Å². The second-order valence-electron chi connectivity index (χ2n) is 10.9. The highest BCUT2D eigenvalue weighted by atomic mass is 35.5. The van der Waals surface area contributed by atoms with Crippen molar-refractivity contribution >= 4 is 34.2 Å². The highest BCUT2D eigenvalue weighted by Crippen LogP contribution is 2.32. The number of piperidine rings is 1. The van der Waals surface area contributed by atoms with Crippen molar-refractivity contribution in [2.75, 3.05) is 44.6 Å². The Kier molecular flexibility index (Phi) is 6.89. The zero-order valence-electron chi connectivity index (χ0n) is 22.1. The minimum atomic E-state index is -0.189. The number of nitrogens with one attached hydrogen (secondary N) is 3. The molecule has 9 nitrogen and oxygen atoms in total. The van der Waals surface area contributed by atoms with E-state index in [0.29, 0.717) is 50.5 Å². The molecule has 3 fully saturated rings. The van der Waals surface area contributed by atoms with E-state index in [2.05, 4.69) is 35.4 Å². The van der Waals surface area contributed by atoms with Gasteiger partial charge in [0.1, 0.15) is 29.3 Å². The normalized spacial score (nSPS) is 19.3. The van der Waals surface area contributed by atoms with Gasteiger partial charge in [-0.25, -0.2) is 9.97 Å². The highest BCUT2D eigenvalue weighted by Gasteiger charge is 2.39. The summed E-state index contributed by atoms with van der Waals surface area (Å²) < 4.78 is 5.87. The van der Waals surface area contributed by atoms with Crippen molar-refractivity contribution in [2.45, 2.75) is 31.0 Å². The molecule has 0 unspecified atom stereocenters. The standard InChI is InChI=1S/C30H32ClN7O2/c31-26-12-23(40-22-4-2-1-3-5-22)6-7-24(26)28(39)25-15-33-29-27(25)30(35-18-34-29)36-19-8-10-37(11-9-19)21-16-38(17-21)20-13-32-14-20/h1-7,12,15,18-21,32H,8-11,13-14,16-17H2,(H2,33,34,35,36). The van der Waals surface area contributed by atoms with Gasteiger partial charge in [0.05, 0.1) is 16.0 Å². The molecule has 10 heteroatoms.